The van der Waals surface area contributed by atoms with Gasteiger partial charge < -0.3 is 0 Å². The van der Waals surface area contributed by atoms with Crippen LogP contribution in [0.15, 0.2) is 47.8 Å². The summed E-state index contributed by atoms with van der Waals surface area (Å²) >= 11 is 13.7. The van der Waals surface area contributed by atoms with Gasteiger partial charge in [0.05, 0.1) is 10.7 Å². The first-order chi connectivity index (χ1) is 9.24. The lowest BCUT2D eigenvalue weighted by atomic mass is 10.2. The van der Waals surface area contributed by atoms with Gasteiger partial charge >= 0.3 is 0 Å². The monoisotopic (exact) mass is 304 g/mol. The highest BCUT2D eigenvalue weighted by Gasteiger charge is 2.09. The lowest BCUT2D eigenvalue weighted by molar-refractivity contribution is 1.40. The van der Waals surface area contributed by atoms with Crippen LogP contribution in [0.4, 0.5) is 0 Å². The van der Waals surface area contributed by atoms with Crippen LogP contribution in [0.25, 0.3) is 21.8 Å². The van der Waals surface area contributed by atoms with Crippen molar-refractivity contribution >= 4 is 34.5 Å². The summed E-state index contributed by atoms with van der Waals surface area (Å²) in [5.74, 6) is 0. The second-order valence-corrected chi connectivity index (χ2v) is 5.65. The van der Waals surface area contributed by atoms with Gasteiger partial charge in [-0.05, 0) is 24.3 Å². The summed E-state index contributed by atoms with van der Waals surface area (Å²) in [6.45, 7) is 0. The Balaban J connectivity index is 2.02. The predicted molar refractivity (Wildman–Crippen MR) is 81.8 cm³/mol. The third kappa shape index (κ3) is 2.66. The molecule has 93 valence electrons. The van der Waals surface area contributed by atoms with Gasteiger partial charge in [-0.1, -0.05) is 47.5 Å². The van der Waals surface area contributed by atoms with Gasteiger partial charge in [-0.15, -0.1) is 11.3 Å². The number of thiazole rings is 1. The van der Waals surface area contributed by atoms with E-state index < -0.39 is 0 Å². The lowest BCUT2D eigenvalue weighted by Gasteiger charge is -2.00. The van der Waals surface area contributed by atoms with Crippen LogP contribution in [0.1, 0.15) is 0 Å². The van der Waals surface area contributed by atoms with Gasteiger partial charge in [0.1, 0.15) is 5.01 Å². The van der Waals surface area contributed by atoms with E-state index in [1.165, 1.54) is 0 Å². The predicted octanol–water partition coefficient (Wildman–Crippen LogP) is 5.58. The van der Waals surface area contributed by atoms with Crippen LogP contribution in [-0.4, -0.2) is 4.98 Å². The van der Waals surface area contributed by atoms with Gasteiger partial charge in [0.2, 0.25) is 0 Å². The van der Waals surface area contributed by atoms with Crippen LogP contribution in [0, 0.1) is 6.07 Å². The molecule has 0 saturated heterocycles. The zero-order chi connectivity index (χ0) is 13.2. The Hall–Kier alpha value is -1.35. The van der Waals surface area contributed by atoms with Gasteiger partial charge in [0, 0.05) is 21.5 Å². The minimum atomic E-state index is 0.616. The van der Waals surface area contributed by atoms with Crippen LogP contribution in [0.2, 0.25) is 10.0 Å². The van der Waals surface area contributed by atoms with Crippen LogP contribution in [0.5, 0.6) is 0 Å². The molecule has 0 saturated carbocycles. The van der Waals surface area contributed by atoms with Gasteiger partial charge in [0.15, 0.2) is 0 Å². The standard InChI is InChI=1S/C15H8Cl2NS/c16-11-6-7-12(13(17)8-11)14-9-19-15(18-14)10-4-2-1-3-5-10/h2-9H. The number of aromatic nitrogens is 1. The molecule has 0 spiro atoms. The summed E-state index contributed by atoms with van der Waals surface area (Å²) < 4.78 is 0. The molecular formula is C15H8Cl2NS. The molecule has 1 aromatic heterocycles. The number of hydrogen-bond acceptors (Lipinski definition) is 2. The molecule has 3 aromatic rings. The van der Waals surface area contributed by atoms with Crippen molar-refractivity contribution in [1.29, 1.82) is 0 Å². The average Bonchev–Trinajstić information content (AvgIpc) is 2.89. The molecule has 0 bridgehead atoms. The molecule has 1 heterocycles. The molecule has 3 rings (SSSR count). The van der Waals surface area contributed by atoms with Crippen LogP contribution >= 0.6 is 34.5 Å². The first-order valence-electron chi connectivity index (χ1n) is 5.61. The fourth-order valence-corrected chi connectivity index (χ4v) is 3.09. The van der Waals surface area contributed by atoms with Crippen molar-refractivity contribution < 1.29 is 0 Å². The van der Waals surface area contributed by atoms with Crippen molar-refractivity contribution in [3.05, 3.63) is 64.0 Å². The Morgan fingerprint density at radius 1 is 1.05 bits per heavy atom. The molecule has 19 heavy (non-hydrogen) atoms. The molecule has 4 heteroatoms. The molecule has 0 unspecified atom stereocenters. The maximum Gasteiger partial charge on any atom is 0.124 e. The summed E-state index contributed by atoms with van der Waals surface area (Å²) in [6, 6.07) is 16.2. The third-order valence-corrected chi connectivity index (χ3v) is 4.12. The van der Waals surface area contributed by atoms with Crippen molar-refractivity contribution in [3.8, 4) is 21.8 Å². The zero-order valence-corrected chi connectivity index (χ0v) is 12.1. The molecule has 0 atom stereocenters. The Morgan fingerprint density at radius 2 is 1.84 bits per heavy atom. The topological polar surface area (TPSA) is 12.9 Å². The van der Waals surface area contributed by atoms with E-state index in [1.807, 2.05) is 41.8 Å². The number of halogens is 2. The Morgan fingerprint density at radius 3 is 2.58 bits per heavy atom. The fourth-order valence-electron chi connectivity index (χ4n) is 1.76. The van der Waals surface area contributed by atoms with E-state index in [2.05, 4.69) is 11.1 Å². The molecule has 0 aliphatic heterocycles. The second-order valence-electron chi connectivity index (χ2n) is 3.95. The highest BCUT2D eigenvalue weighted by molar-refractivity contribution is 7.13. The molecule has 0 fully saturated rings. The van der Waals surface area contributed by atoms with E-state index in [-0.39, 0.29) is 0 Å². The number of hydrogen-bond donors (Lipinski definition) is 0. The summed E-state index contributed by atoms with van der Waals surface area (Å²) in [4.78, 5) is 4.62. The van der Waals surface area contributed by atoms with Gasteiger partial charge in [-0.3, -0.25) is 0 Å². The first-order valence-corrected chi connectivity index (χ1v) is 7.25. The fraction of sp³-hybridized carbons (Fsp3) is 0. The molecule has 1 nitrogen and oxygen atoms in total. The van der Waals surface area contributed by atoms with Crippen LogP contribution in [-0.2, 0) is 0 Å². The van der Waals surface area contributed by atoms with Crippen molar-refractivity contribution in [2.45, 2.75) is 0 Å². The van der Waals surface area contributed by atoms with Crippen LogP contribution in [0.3, 0.4) is 0 Å². The van der Waals surface area contributed by atoms with E-state index in [9.17, 15) is 0 Å². The summed E-state index contributed by atoms with van der Waals surface area (Å²) in [6.07, 6.45) is 0. The van der Waals surface area contributed by atoms with Gasteiger partial charge in [0.25, 0.3) is 0 Å². The SMILES string of the molecule is Clc1ccc(-c2csc(-c3cc[c]cc3)n2)c(Cl)c1. The maximum atomic E-state index is 6.19. The summed E-state index contributed by atoms with van der Waals surface area (Å²) in [7, 11) is 0. The van der Waals surface area contributed by atoms with Crippen molar-refractivity contribution in [1.82, 2.24) is 4.98 Å². The Kier molecular flexibility index (Phi) is 3.56. The molecular weight excluding hydrogens is 297 g/mol. The first kappa shape index (κ1) is 12.7. The average molecular weight is 305 g/mol. The lowest BCUT2D eigenvalue weighted by Crippen LogP contribution is -1.81. The molecule has 1 radical (unpaired) electrons. The molecule has 0 N–H and O–H groups in total. The van der Waals surface area contributed by atoms with E-state index in [4.69, 9.17) is 23.2 Å². The van der Waals surface area contributed by atoms with E-state index in [1.54, 1.807) is 17.4 Å². The highest BCUT2D eigenvalue weighted by Crippen LogP contribution is 2.33. The largest absolute Gasteiger partial charge is 0.236 e. The smallest absolute Gasteiger partial charge is 0.124 e. The highest BCUT2D eigenvalue weighted by atomic mass is 35.5. The summed E-state index contributed by atoms with van der Waals surface area (Å²) in [5.41, 5.74) is 2.85. The summed E-state index contributed by atoms with van der Waals surface area (Å²) in [5, 5.41) is 4.21. The van der Waals surface area contributed by atoms with Crippen molar-refractivity contribution in [3.63, 3.8) is 0 Å². The van der Waals surface area contributed by atoms with Crippen molar-refractivity contribution in [2.75, 3.05) is 0 Å². The Bertz CT molecular complexity index is 707. The van der Waals surface area contributed by atoms with Crippen LogP contribution < -0.4 is 0 Å². The van der Waals surface area contributed by atoms with E-state index in [0.717, 1.165) is 21.8 Å². The molecule has 0 aliphatic rings. The zero-order valence-electron chi connectivity index (χ0n) is 9.73. The van der Waals surface area contributed by atoms with Gasteiger partial charge in [-0.2, -0.15) is 0 Å². The van der Waals surface area contributed by atoms with Crippen molar-refractivity contribution in [2.24, 2.45) is 0 Å². The third-order valence-electron chi connectivity index (χ3n) is 2.68. The van der Waals surface area contributed by atoms with E-state index in [0.29, 0.717) is 10.0 Å². The molecule has 2 aromatic carbocycles. The molecule has 0 aliphatic carbocycles. The number of rotatable bonds is 2. The number of benzene rings is 2. The minimum absolute atomic E-state index is 0.616. The number of nitrogens with zero attached hydrogens (tertiary/aromatic N) is 1. The molecule has 0 amide bonds. The minimum Gasteiger partial charge on any atom is -0.236 e. The Labute approximate surface area is 125 Å². The van der Waals surface area contributed by atoms with E-state index >= 15 is 0 Å². The normalized spacial score (nSPS) is 10.6. The van der Waals surface area contributed by atoms with Gasteiger partial charge in [-0.25, -0.2) is 4.98 Å². The quantitative estimate of drug-likeness (QED) is 0.602. The second kappa shape index (κ2) is 5.33. The maximum absolute atomic E-state index is 6.19.